The summed E-state index contributed by atoms with van der Waals surface area (Å²) in [4.78, 5) is 0. The summed E-state index contributed by atoms with van der Waals surface area (Å²) < 4.78 is 6.90. The van der Waals surface area contributed by atoms with Crippen LogP contribution in [-0.2, 0) is 13.2 Å². The molecule has 0 unspecified atom stereocenters. The van der Waals surface area contributed by atoms with E-state index < -0.39 is 0 Å². The first-order chi connectivity index (χ1) is 8.20. The van der Waals surface area contributed by atoms with Gasteiger partial charge in [0, 0.05) is 16.6 Å². The largest absolute Gasteiger partial charge is 0.488 e. The Bertz CT molecular complexity index is 496. The third kappa shape index (κ3) is 3.09. The monoisotopic (exact) mass is 311 g/mol. The van der Waals surface area contributed by atoms with Gasteiger partial charge in [-0.15, -0.1) is 0 Å². The maximum atomic E-state index is 5.86. The number of hydrogen-bond acceptors (Lipinski definition) is 3. The average molecular weight is 312 g/mol. The molecule has 2 aromatic rings. The summed E-state index contributed by atoms with van der Waals surface area (Å²) in [5.41, 5.74) is 9.07. The minimum absolute atomic E-state index is 0.485. The van der Waals surface area contributed by atoms with Crippen LogP contribution in [0.4, 0.5) is 0 Å². The highest BCUT2D eigenvalue weighted by Crippen LogP contribution is 2.28. The van der Waals surface area contributed by atoms with Gasteiger partial charge >= 0.3 is 0 Å². The van der Waals surface area contributed by atoms with E-state index >= 15 is 0 Å². The lowest BCUT2D eigenvalue weighted by Crippen LogP contribution is -2.04. The molecule has 0 aliphatic heterocycles. The molecule has 0 aliphatic rings. The van der Waals surface area contributed by atoms with Crippen LogP contribution in [0.3, 0.4) is 0 Å². The van der Waals surface area contributed by atoms with Gasteiger partial charge in [0.1, 0.15) is 12.4 Å². The summed E-state index contributed by atoms with van der Waals surface area (Å²) in [5.74, 6) is 0.905. The zero-order valence-corrected chi connectivity index (χ0v) is 12.0. The van der Waals surface area contributed by atoms with E-state index in [4.69, 9.17) is 10.5 Å². The quantitative estimate of drug-likeness (QED) is 0.930. The number of halogens is 1. The van der Waals surface area contributed by atoms with Crippen LogP contribution in [-0.4, -0.2) is 0 Å². The van der Waals surface area contributed by atoms with E-state index in [1.807, 2.05) is 19.1 Å². The summed E-state index contributed by atoms with van der Waals surface area (Å²) in [5, 5.41) is 4.15. The Labute approximate surface area is 114 Å². The summed E-state index contributed by atoms with van der Waals surface area (Å²) in [6.07, 6.45) is 0. The SMILES string of the molecule is Cc1cc(Br)cc(CN)c1OCc1ccsc1. The van der Waals surface area contributed by atoms with Crippen LogP contribution in [0, 0.1) is 6.92 Å². The van der Waals surface area contributed by atoms with E-state index in [2.05, 4.69) is 32.8 Å². The highest BCUT2D eigenvalue weighted by molar-refractivity contribution is 9.10. The molecule has 2 nitrogen and oxygen atoms in total. The van der Waals surface area contributed by atoms with Crippen LogP contribution < -0.4 is 10.5 Å². The Hall–Kier alpha value is -0.840. The smallest absolute Gasteiger partial charge is 0.127 e. The number of rotatable bonds is 4. The molecular weight excluding hydrogens is 298 g/mol. The van der Waals surface area contributed by atoms with Crippen LogP contribution in [0.2, 0.25) is 0 Å². The maximum absolute atomic E-state index is 5.86. The van der Waals surface area contributed by atoms with Crippen molar-refractivity contribution in [1.82, 2.24) is 0 Å². The fraction of sp³-hybridized carbons (Fsp3) is 0.231. The molecule has 0 amide bonds. The van der Waals surface area contributed by atoms with Gasteiger partial charge in [0.25, 0.3) is 0 Å². The lowest BCUT2D eigenvalue weighted by atomic mass is 10.1. The molecule has 0 spiro atoms. The molecule has 1 aromatic carbocycles. The van der Waals surface area contributed by atoms with Crippen LogP contribution in [0.1, 0.15) is 16.7 Å². The number of aryl methyl sites for hydroxylation is 1. The van der Waals surface area contributed by atoms with Crippen molar-refractivity contribution < 1.29 is 4.74 Å². The molecule has 0 bridgehead atoms. The summed E-state index contributed by atoms with van der Waals surface area (Å²) in [6, 6.07) is 6.12. The number of nitrogens with two attached hydrogens (primary N) is 1. The molecule has 17 heavy (non-hydrogen) atoms. The van der Waals surface area contributed by atoms with Crippen molar-refractivity contribution in [2.24, 2.45) is 5.73 Å². The molecule has 2 N–H and O–H groups in total. The van der Waals surface area contributed by atoms with Gasteiger partial charge < -0.3 is 10.5 Å². The zero-order valence-electron chi connectivity index (χ0n) is 9.57. The Morgan fingerprint density at radius 1 is 1.41 bits per heavy atom. The van der Waals surface area contributed by atoms with Crippen molar-refractivity contribution in [3.8, 4) is 5.75 Å². The first-order valence-corrected chi connectivity index (χ1v) is 7.07. The first kappa shape index (κ1) is 12.6. The van der Waals surface area contributed by atoms with Crippen molar-refractivity contribution in [3.63, 3.8) is 0 Å². The average Bonchev–Trinajstić information content (AvgIpc) is 2.79. The second-order valence-corrected chi connectivity index (χ2v) is 5.53. The fourth-order valence-electron chi connectivity index (χ4n) is 1.69. The number of thiophene rings is 1. The van der Waals surface area contributed by atoms with E-state index in [-0.39, 0.29) is 0 Å². The van der Waals surface area contributed by atoms with Crippen LogP contribution in [0.5, 0.6) is 5.75 Å². The lowest BCUT2D eigenvalue weighted by molar-refractivity contribution is 0.301. The van der Waals surface area contributed by atoms with Crippen LogP contribution >= 0.6 is 27.3 Å². The fourth-order valence-corrected chi connectivity index (χ4v) is 2.96. The minimum Gasteiger partial charge on any atom is -0.488 e. The number of ether oxygens (including phenoxy) is 1. The lowest BCUT2D eigenvalue weighted by Gasteiger charge is -2.13. The van der Waals surface area contributed by atoms with Gasteiger partial charge in [-0.1, -0.05) is 15.9 Å². The standard InChI is InChI=1S/C13H14BrNOS/c1-9-4-12(14)5-11(6-15)13(9)16-7-10-2-3-17-8-10/h2-5,8H,6-7,15H2,1H3. The molecule has 2 rings (SSSR count). The highest BCUT2D eigenvalue weighted by atomic mass is 79.9. The second kappa shape index (κ2) is 5.67. The molecule has 90 valence electrons. The van der Waals surface area contributed by atoms with Gasteiger partial charge in [-0.05, 0) is 47.0 Å². The minimum atomic E-state index is 0.485. The molecule has 4 heteroatoms. The zero-order chi connectivity index (χ0) is 12.3. The normalized spacial score (nSPS) is 10.5. The van der Waals surface area contributed by atoms with Gasteiger partial charge in [0.2, 0.25) is 0 Å². The molecule has 0 fully saturated rings. The molecule has 1 heterocycles. The van der Waals surface area contributed by atoms with Gasteiger partial charge in [-0.2, -0.15) is 11.3 Å². The summed E-state index contributed by atoms with van der Waals surface area (Å²) >= 11 is 5.15. The first-order valence-electron chi connectivity index (χ1n) is 5.33. The predicted molar refractivity (Wildman–Crippen MR) is 75.4 cm³/mol. The van der Waals surface area contributed by atoms with Crippen molar-refractivity contribution >= 4 is 27.3 Å². The molecule has 0 radical (unpaired) electrons. The van der Waals surface area contributed by atoms with E-state index in [0.29, 0.717) is 13.2 Å². The summed E-state index contributed by atoms with van der Waals surface area (Å²) in [6.45, 7) is 3.12. The van der Waals surface area contributed by atoms with E-state index in [0.717, 1.165) is 21.3 Å². The van der Waals surface area contributed by atoms with Crippen molar-refractivity contribution in [2.45, 2.75) is 20.1 Å². The Morgan fingerprint density at radius 2 is 2.24 bits per heavy atom. The van der Waals surface area contributed by atoms with Crippen molar-refractivity contribution in [3.05, 3.63) is 50.1 Å². The van der Waals surface area contributed by atoms with Gasteiger partial charge in [-0.3, -0.25) is 0 Å². The van der Waals surface area contributed by atoms with Crippen LogP contribution in [0.25, 0.3) is 0 Å². The number of hydrogen-bond donors (Lipinski definition) is 1. The molecule has 0 saturated heterocycles. The Balaban J connectivity index is 2.19. The molecule has 0 saturated carbocycles. The third-order valence-corrected chi connectivity index (χ3v) is 3.69. The molecule has 0 atom stereocenters. The topological polar surface area (TPSA) is 35.2 Å². The second-order valence-electron chi connectivity index (χ2n) is 3.84. The molecule has 1 aromatic heterocycles. The number of benzene rings is 1. The van der Waals surface area contributed by atoms with Gasteiger partial charge in [0.05, 0.1) is 0 Å². The Morgan fingerprint density at radius 3 is 2.88 bits per heavy atom. The Kier molecular flexibility index (Phi) is 4.20. The van der Waals surface area contributed by atoms with Crippen molar-refractivity contribution in [2.75, 3.05) is 0 Å². The van der Waals surface area contributed by atoms with Crippen LogP contribution in [0.15, 0.2) is 33.4 Å². The van der Waals surface area contributed by atoms with E-state index in [1.54, 1.807) is 11.3 Å². The molecule has 0 aliphatic carbocycles. The van der Waals surface area contributed by atoms with Gasteiger partial charge in [-0.25, -0.2) is 0 Å². The predicted octanol–water partition coefficient (Wildman–Crippen LogP) is 3.86. The van der Waals surface area contributed by atoms with Gasteiger partial charge in [0.15, 0.2) is 0 Å². The molecular formula is C13H14BrNOS. The van der Waals surface area contributed by atoms with E-state index in [1.165, 1.54) is 5.56 Å². The van der Waals surface area contributed by atoms with Crippen molar-refractivity contribution in [1.29, 1.82) is 0 Å². The third-order valence-electron chi connectivity index (χ3n) is 2.50. The summed E-state index contributed by atoms with van der Waals surface area (Å²) in [7, 11) is 0. The highest BCUT2D eigenvalue weighted by Gasteiger charge is 2.08. The van der Waals surface area contributed by atoms with E-state index in [9.17, 15) is 0 Å². The maximum Gasteiger partial charge on any atom is 0.127 e.